The Morgan fingerprint density at radius 3 is 1.75 bits per heavy atom. The Balaban J connectivity index is 0.000000199. The van der Waals surface area contributed by atoms with Crippen molar-refractivity contribution < 1.29 is 33.2 Å². The summed E-state index contributed by atoms with van der Waals surface area (Å²) in [5.74, 6) is -2.09. The van der Waals surface area contributed by atoms with E-state index in [2.05, 4.69) is 62.2 Å². The van der Waals surface area contributed by atoms with E-state index in [0.29, 0.717) is 55.7 Å². The maximum absolute atomic E-state index is 14.1. The highest BCUT2D eigenvalue weighted by Gasteiger charge is 2.24. The molecule has 67 heavy (non-hydrogen) atoms. The number of rotatable bonds is 16. The summed E-state index contributed by atoms with van der Waals surface area (Å²) in [6.45, 7) is 4.89. The third kappa shape index (κ3) is 11.7. The van der Waals surface area contributed by atoms with Crippen LogP contribution in [0.3, 0.4) is 0 Å². The molecule has 8 aromatic rings. The van der Waals surface area contributed by atoms with Gasteiger partial charge in [0.15, 0.2) is 22.7 Å². The van der Waals surface area contributed by atoms with Crippen molar-refractivity contribution in [3.05, 3.63) is 183 Å². The van der Waals surface area contributed by atoms with Crippen LogP contribution in [-0.2, 0) is 32.7 Å². The molecule has 0 saturated heterocycles. The lowest BCUT2D eigenvalue weighted by atomic mass is 10.1. The molecule has 0 aliphatic carbocycles. The molecule has 0 fully saturated rings. The zero-order valence-corrected chi connectivity index (χ0v) is 39.6. The summed E-state index contributed by atoms with van der Waals surface area (Å²) >= 11 is 18.8. The minimum absolute atomic E-state index is 0.0460. The summed E-state index contributed by atoms with van der Waals surface area (Å²) in [5.41, 5.74) is 4.21. The largest absolute Gasteiger partial charge is 0.481 e. The molecular weight excluding hydrogens is 1050 g/mol. The first-order valence-electron chi connectivity index (χ1n) is 19.7. The highest BCUT2D eigenvalue weighted by Crippen LogP contribution is 2.33. The van der Waals surface area contributed by atoms with Gasteiger partial charge in [0.1, 0.15) is 31.0 Å². The van der Waals surface area contributed by atoms with E-state index in [1.54, 1.807) is 33.9 Å². The van der Waals surface area contributed by atoms with Gasteiger partial charge in [0.05, 0.1) is 44.1 Å². The van der Waals surface area contributed by atoms with Crippen LogP contribution in [0, 0.1) is 31.9 Å². The van der Waals surface area contributed by atoms with E-state index in [-0.39, 0.29) is 35.0 Å². The number of aromatic nitrogens is 10. The van der Waals surface area contributed by atoms with E-state index in [1.807, 2.05) is 24.7 Å². The van der Waals surface area contributed by atoms with Crippen molar-refractivity contribution in [2.75, 3.05) is 0 Å². The van der Waals surface area contributed by atoms with Crippen LogP contribution in [0.25, 0.3) is 11.4 Å². The van der Waals surface area contributed by atoms with Crippen LogP contribution in [-0.4, -0.2) is 64.0 Å². The average Bonchev–Trinajstić information content (AvgIpc) is 4.12. The first-order valence-corrected chi connectivity index (χ1v) is 22.1. The number of hydrogen-bond donors (Lipinski definition) is 1. The van der Waals surface area contributed by atoms with Crippen LogP contribution in [0.15, 0.2) is 107 Å². The Labute approximate surface area is 405 Å². The Morgan fingerprint density at radius 1 is 0.716 bits per heavy atom. The molecule has 19 nitrogen and oxygen atoms in total. The molecule has 0 radical (unpaired) electrons. The van der Waals surface area contributed by atoms with E-state index in [9.17, 15) is 34.1 Å². The van der Waals surface area contributed by atoms with Gasteiger partial charge in [-0.15, -0.1) is 0 Å². The molecule has 6 heterocycles. The molecule has 0 aliphatic rings. The zero-order valence-electron chi connectivity index (χ0n) is 34.9. The third-order valence-electron chi connectivity index (χ3n) is 9.68. The van der Waals surface area contributed by atoms with Gasteiger partial charge in [-0.3, -0.25) is 9.36 Å². The van der Waals surface area contributed by atoms with Crippen LogP contribution in [0.1, 0.15) is 53.6 Å². The topological polar surface area (TPSA) is 222 Å². The number of aliphatic hydroxyl groups excluding tert-OH is 1. The predicted molar refractivity (Wildman–Crippen MR) is 246 cm³/mol. The maximum Gasteiger partial charge on any atom is 0.406 e. The van der Waals surface area contributed by atoms with E-state index in [4.69, 9.17) is 32.7 Å². The Hall–Kier alpha value is -6.66. The molecule has 1 atom stereocenters. The minimum atomic E-state index is -1.12. The second-order valence-electron chi connectivity index (χ2n) is 14.2. The van der Waals surface area contributed by atoms with Gasteiger partial charge in [-0.25, -0.2) is 18.1 Å². The number of pyridine rings is 2. The summed E-state index contributed by atoms with van der Waals surface area (Å²) in [6, 6.07) is 14.1. The average molecular weight is 1090 g/mol. The van der Waals surface area contributed by atoms with Gasteiger partial charge in [0.25, 0.3) is 0 Å². The highest BCUT2D eigenvalue weighted by molar-refractivity contribution is 9.10. The molecule has 1 N–H and O–H groups in total. The van der Waals surface area contributed by atoms with Crippen LogP contribution >= 0.6 is 55.1 Å². The van der Waals surface area contributed by atoms with E-state index in [0.717, 1.165) is 17.8 Å². The molecule has 0 spiro atoms. The molecule has 0 aliphatic heterocycles. The molecule has 25 heteroatoms. The Morgan fingerprint density at radius 2 is 1.22 bits per heavy atom. The number of aliphatic hydroxyl groups is 1. The number of ether oxygens (including phenoxy) is 2. The molecule has 6 aromatic heterocycles. The second kappa shape index (κ2) is 21.3. The van der Waals surface area contributed by atoms with Gasteiger partial charge < -0.3 is 34.8 Å². The standard InChI is InChI=1S/C21H17BrClFN6O4.C21H17BrClFN6O3/c1-2-28-10-13(8-26-28)20(31)17-7-19(23)27-29(17)16-4-3-15(24)5-12(16)11-34-18-6-14(22)9-25-21(18)30(32)33;1-2-28-11-13(9-26-28)5-17-8-20(23)27-29(17)18-4-3-16(24)6-14(18)12-33-19-7-15(22)10-25-21(19)30(31)32/h3-10,20,31H,2,11H2,1H3;3-4,6-11H,2,5,12H2,1H3. The predicted octanol–water partition coefficient (Wildman–Crippen LogP) is 9.72. The third-order valence-corrected chi connectivity index (χ3v) is 10.9. The Bertz CT molecular complexity index is 3090. The van der Waals surface area contributed by atoms with Crippen molar-refractivity contribution in [2.45, 2.75) is 52.7 Å². The molecule has 0 amide bonds. The van der Waals surface area contributed by atoms with Crippen molar-refractivity contribution in [3.63, 3.8) is 0 Å². The van der Waals surface area contributed by atoms with Crippen LogP contribution < -0.4 is 9.47 Å². The number of hydrogen-bond acceptors (Lipinski definition) is 13. The highest BCUT2D eigenvalue weighted by atomic mass is 79.9. The molecular formula is C42H34Br2Cl2F2N12O7. The van der Waals surface area contributed by atoms with Gasteiger partial charge in [0.2, 0.25) is 11.5 Å². The van der Waals surface area contributed by atoms with Gasteiger partial charge in [-0.05, 0) is 114 Å². The fourth-order valence-corrected chi connectivity index (χ4v) is 7.61. The second-order valence-corrected chi connectivity index (χ2v) is 16.8. The molecule has 8 rings (SSSR count). The van der Waals surface area contributed by atoms with Gasteiger partial charge in [0, 0.05) is 66.8 Å². The van der Waals surface area contributed by atoms with E-state index >= 15 is 0 Å². The van der Waals surface area contributed by atoms with Crippen molar-refractivity contribution in [3.8, 4) is 22.9 Å². The van der Waals surface area contributed by atoms with Crippen molar-refractivity contribution >= 4 is 66.7 Å². The quantitative estimate of drug-likeness (QED) is 0.0704. The molecule has 0 saturated carbocycles. The summed E-state index contributed by atoms with van der Waals surface area (Å²) < 4.78 is 47.0. The lowest BCUT2D eigenvalue weighted by Gasteiger charge is -2.16. The number of nitro groups is 2. The minimum Gasteiger partial charge on any atom is -0.481 e. The lowest BCUT2D eigenvalue weighted by molar-refractivity contribution is -0.390. The number of nitrogens with zero attached hydrogens (tertiary/aromatic N) is 12. The van der Waals surface area contributed by atoms with Crippen LogP contribution in [0.5, 0.6) is 11.5 Å². The van der Waals surface area contributed by atoms with Gasteiger partial charge in [-0.1, -0.05) is 23.2 Å². The fraction of sp³-hybridized carbons (Fsp3) is 0.190. The molecule has 0 bridgehead atoms. The SMILES string of the molecule is CCn1cc(C(O)c2cc(Cl)nn2-c2ccc(F)cc2COc2cc(Br)cnc2[N+](=O)[O-])cn1.CCn1cc(Cc2cc(Cl)nn2-c2ccc(F)cc2COc2cc(Br)cnc2[N+](=O)[O-])cn1. The smallest absolute Gasteiger partial charge is 0.406 e. The van der Waals surface area contributed by atoms with Gasteiger partial charge >= 0.3 is 11.6 Å². The molecule has 346 valence electrons. The maximum atomic E-state index is 14.1. The first kappa shape index (κ1) is 48.3. The normalized spacial score (nSPS) is 11.5. The van der Waals surface area contributed by atoms with Crippen LogP contribution in [0.4, 0.5) is 20.4 Å². The Kier molecular flexibility index (Phi) is 15.4. The summed E-state index contributed by atoms with van der Waals surface area (Å²) in [7, 11) is 0. The summed E-state index contributed by atoms with van der Waals surface area (Å²) in [6.07, 6.45) is 8.89. The summed E-state index contributed by atoms with van der Waals surface area (Å²) in [5, 5.41) is 51.0. The molecule has 1 unspecified atom stereocenters. The zero-order chi connectivity index (χ0) is 47.9. The first-order chi connectivity index (χ1) is 32.1. The van der Waals surface area contributed by atoms with E-state index in [1.165, 1.54) is 71.8 Å². The monoisotopic (exact) mass is 1080 g/mol. The van der Waals surface area contributed by atoms with Crippen LogP contribution in [0.2, 0.25) is 10.3 Å². The van der Waals surface area contributed by atoms with Gasteiger partial charge in [-0.2, -0.15) is 20.4 Å². The summed E-state index contributed by atoms with van der Waals surface area (Å²) in [4.78, 5) is 28.8. The van der Waals surface area contributed by atoms with Crippen molar-refractivity contribution in [1.82, 2.24) is 49.1 Å². The van der Waals surface area contributed by atoms with Crippen molar-refractivity contribution in [2.24, 2.45) is 0 Å². The lowest BCUT2D eigenvalue weighted by Crippen LogP contribution is -2.12. The van der Waals surface area contributed by atoms with E-state index < -0.39 is 39.2 Å². The fourth-order valence-electron chi connectivity index (χ4n) is 6.60. The van der Waals surface area contributed by atoms with Crippen molar-refractivity contribution in [1.29, 1.82) is 0 Å². The number of halogens is 6. The number of aryl methyl sites for hydroxylation is 2. The number of benzene rings is 2. The molecule has 2 aromatic carbocycles.